The number of aromatic nitrogens is 2. The molecule has 1 N–H and O–H groups in total. The minimum Gasteiger partial charge on any atom is -0.267 e. The van der Waals surface area contributed by atoms with Crippen LogP contribution in [0, 0.1) is 27.7 Å². The van der Waals surface area contributed by atoms with Gasteiger partial charge in [0.15, 0.2) is 0 Å². The first-order chi connectivity index (χ1) is 7.04. The maximum atomic E-state index is 11.7. The quantitative estimate of drug-likeness (QED) is 0.711. The normalized spacial score (nSPS) is 10.9. The Morgan fingerprint density at radius 3 is 2.27 bits per heavy atom. The minimum atomic E-state index is -0.101. The molecule has 1 aromatic carbocycles. The molecule has 0 fully saturated rings. The molecule has 0 bridgehead atoms. The summed E-state index contributed by atoms with van der Waals surface area (Å²) in [6.45, 7) is 8.15. The SMILES string of the molecule is Cc1c(C)c(C)c2c(=O)[nH]ncc2c1C. The number of hydrogen-bond donors (Lipinski definition) is 1. The van der Waals surface area contributed by atoms with Gasteiger partial charge in [0.25, 0.3) is 5.56 Å². The highest BCUT2D eigenvalue weighted by atomic mass is 16.1. The first-order valence-corrected chi connectivity index (χ1v) is 4.97. The van der Waals surface area contributed by atoms with Crippen LogP contribution >= 0.6 is 0 Å². The van der Waals surface area contributed by atoms with Crippen LogP contribution in [0.15, 0.2) is 11.0 Å². The summed E-state index contributed by atoms with van der Waals surface area (Å²) in [4.78, 5) is 11.7. The standard InChI is InChI=1S/C12H14N2O/c1-6-7(2)9(4)11-10(8(6)3)5-13-14-12(11)15/h5H,1-4H3,(H,14,15). The van der Waals surface area contributed by atoms with E-state index in [1.165, 1.54) is 11.1 Å². The summed E-state index contributed by atoms with van der Waals surface area (Å²) in [5.41, 5.74) is 4.53. The highest BCUT2D eigenvalue weighted by Crippen LogP contribution is 2.25. The van der Waals surface area contributed by atoms with Crippen molar-refractivity contribution < 1.29 is 0 Å². The lowest BCUT2D eigenvalue weighted by Gasteiger charge is -2.12. The van der Waals surface area contributed by atoms with Crippen LogP contribution < -0.4 is 5.56 Å². The van der Waals surface area contributed by atoms with Gasteiger partial charge in [0, 0.05) is 5.39 Å². The Bertz CT molecular complexity index is 597. The Labute approximate surface area is 88.1 Å². The highest BCUT2D eigenvalue weighted by molar-refractivity contribution is 5.89. The van der Waals surface area contributed by atoms with Crippen LogP contribution in [0.4, 0.5) is 0 Å². The van der Waals surface area contributed by atoms with E-state index in [0.717, 1.165) is 21.9 Å². The van der Waals surface area contributed by atoms with E-state index in [2.05, 4.69) is 24.0 Å². The lowest BCUT2D eigenvalue weighted by molar-refractivity contribution is 1.00. The Balaban J connectivity index is 3.15. The van der Waals surface area contributed by atoms with E-state index < -0.39 is 0 Å². The number of aryl methyl sites for hydroxylation is 2. The van der Waals surface area contributed by atoms with E-state index >= 15 is 0 Å². The second-order valence-corrected chi connectivity index (χ2v) is 3.99. The largest absolute Gasteiger partial charge is 0.272 e. The predicted octanol–water partition coefficient (Wildman–Crippen LogP) is 2.16. The first-order valence-electron chi connectivity index (χ1n) is 4.97. The van der Waals surface area contributed by atoms with Crippen LogP contribution in [-0.2, 0) is 0 Å². The zero-order valence-electron chi connectivity index (χ0n) is 9.43. The van der Waals surface area contributed by atoms with Gasteiger partial charge in [0.05, 0.1) is 11.6 Å². The van der Waals surface area contributed by atoms with Crippen molar-refractivity contribution in [2.24, 2.45) is 0 Å². The molecule has 0 aliphatic rings. The molecule has 1 heterocycles. The van der Waals surface area contributed by atoms with Gasteiger partial charge >= 0.3 is 0 Å². The summed E-state index contributed by atoms with van der Waals surface area (Å²) in [5, 5.41) is 8.06. The number of hydrogen-bond acceptors (Lipinski definition) is 2. The molecule has 0 amide bonds. The fourth-order valence-electron chi connectivity index (χ4n) is 2.01. The molecule has 0 unspecified atom stereocenters. The smallest absolute Gasteiger partial charge is 0.267 e. The summed E-state index contributed by atoms with van der Waals surface area (Å²) in [6.07, 6.45) is 1.73. The molecular weight excluding hydrogens is 188 g/mol. The number of rotatable bonds is 0. The number of H-pyrrole nitrogens is 1. The minimum absolute atomic E-state index is 0.101. The van der Waals surface area contributed by atoms with Gasteiger partial charge in [-0.05, 0) is 49.9 Å². The zero-order valence-corrected chi connectivity index (χ0v) is 9.43. The Hall–Kier alpha value is -1.64. The maximum absolute atomic E-state index is 11.7. The molecule has 0 saturated carbocycles. The molecule has 2 rings (SSSR count). The van der Waals surface area contributed by atoms with E-state index in [9.17, 15) is 4.79 Å². The summed E-state index contributed by atoms with van der Waals surface area (Å²) in [6, 6.07) is 0. The second-order valence-electron chi connectivity index (χ2n) is 3.99. The molecule has 0 saturated heterocycles. The van der Waals surface area contributed by atoms with Crippen molar-refractivity contribution in [2.45, 2.75) is 27.7 Å². The molecule has 3 nitrogen and oxygen atoms in total. The zero-order chi connectivity index (χ0) is 11.2. The first kappa shape index (κ1) is 9.90. The Morgan fingerprint density at radius 1 is 1.00 bits per heavy atom. The van der Waals surface area contributed by atoms with E-state index in [-0.39, 0.29) is 5.56 Å². The Kier molecular flexibility index (Phi) is 2.11. The molecule has 0 aliphatic heterocycles. The van der Waals surface area contributed by atoms with Crippen molar-refractivity contribution in [3.8, 4) is 0 Å². The monoisotopic (exact) mass is 202 g/mol. The van der Waals surface area contributed by atoms with Crippen molar-refractivity contribution in [1.82, 2.24) is 10.2 Å². The third-order valence-electron chi connectivity index (χ3n) is 3.32. The molecular formula is C12H14N2O. The van der Waals surface area contributed by atoms with Gasteiger partial charge in [-0.3, -0.25) is 4.79 Å². The average Bonchev–Trinajstić information content (AvgIpc) is 2.23. The number of nitrogens with one attached hydrogen (secondary N) is 1. The summed E-state index contributed by atoms with van der Waals surface area (Å²) >= 11 is 0. The van der Waals surface area contributed by atoms with Crippen LogP contribution in [0.2, 0.25) is 0 Å². The predicted molar refractivity (Wildman–Crippen MR) is 61.3 cm³/mol. The second kappa shape index (κ2) is 3.19. The van der Waals surface area contributed by atoms with Crippen molar-refractivity contribution >= 4 is 10.8 Å². The molecule has 1 aromatic heterocycles. The topological polar surface area (TPSA) is 45.8 Å². The maximum Gasteiger partial charge on any atom is 0.272 e. The summed E-state index contributed by atoms with van der Waals surface area (Å²) in [7, 11) is 0. The molecule has 0 radical (unpaired) electrons. The molecule has 0 aliphatic carbocycles. The van der Waals surface area contributed by atoms with Gasteiger partial charge in [0.2, 0.25) is 0 Å². The summed E-state index contributed by atoms with van der Waals surface area (Å²) < 4.78 is 0. The molecule has 78 valence electrons. The number of benzene rings is 1. The van der Waals surface area contributed by atoms with Gasteiger partial charge in [0.1, 0.15) is 0 Å². The van der Waals surface area contributed by atoms with Crippen LogP contribution in [-0.4, -0.2) is 10.2 Å². The van der Waals surface area contributed by atoms with Crippen molar-refractivity contribution in [3.05, 3.63) is 38.8 Å². The van der Waals surface area contributed by atoms with Gasteiger partial charge in [-0.25, -0.2) is 5.10 Å². The average molecular weight is 202 g/mol. The van der Waals surface area contributed by atoms with Crippen LogP contribution in [0.3, 0.4) is 0 Å². The van der Waals surface area contributed by atoms with Gasteiger partial charge in [-0.1, -0.05) is 0 Å². The number of fused-ring (bicyclic) bond motifs is 1. The van der Waals surface area contributed by atoms with E-state index in [0.29, 0.717) is 0 Å². The van der Waals surface area contributed by atoms with Crippen LogP contribution in [0.1, 0.15) is 22.3 Å². The molecule has 3 heteroatoms. The number of nitrogens with zero attached hydrogens (tertiary/aromatic N) is 1. The van der Waals surface area contributed by atoms with Gasteiger partial charge in [-0.15, -0.1) is 0 Å². The van der Waals surface area contributed by atoms with E-state index in [1.54, 1.807) is 6.20 Å². The Morgan fingerprint density at radius 2 is 1.60 bits per heavy atom. The van der Waals surface area contributed by atoms with Gasteiger partial charge in [-0.2, -0.15) is 5.10 Å². The third kappa shape index (κ3) is 1.27. The highest BCUT2D eigenvalue weighted by Gasteiger charge is 2.11. The molecule has 0 atom stereocenters. The van der Waals surface area contributed by atoms with E-state index in [4.69, 9.17) is 0 Å². The fraction of sp³-hybridized carbons (Fsp3) is 0.333. The summed E-state index contributed by atoms with van der Waals surface area (Å²) in [5.74, 6) is 0. The van der Waals surface area contributed by atoms with Crippen molar-refractivity contribution in [1.29, 1.82) is 0 Å². The van der Waals surface area contributed by atoms with E-state index in [1.807, 2.05) is 13.8 Å². The van der Waals surface area contributed by atoms with Crippen molar-refractivity contribution in [2.75, 3.05) is 0 Å². The fourth-order valence-corrected chi connectivity index (χ4v) is 2.01. The van der Waals surface area contributed by atoms with Crippen LogP contribution in [0.5, 0.6) is 0 Å². The lowest BCUT2D eigenvalue weighted by Crippen LogP contribution is -2.11. The molecule has 2 aromatic rings. The lowest BCUT2D eigenvalue weighted by atomic mass is 9.93. The van der Waals surface area contributed by atoms with Gasteiger partial charge < -0.3 is 0 Å². The molecule has 0 spiro atoms. The van der Waals surface area contributed by atoms with Crippen LogP contribution in [0.25, 0.3) is 10.8 Å². The third-order valence-corrected chi connectivity index (χ3v) is 3.32. The number of aromatic amines is 1. The van der Waals surface area contributed by atoms with Crippen molar-refractivity contribution in [3.63, 3.8) is 0 Å². The molecule has 15 heavy (non-hydrogen) atoms.